The van der Waals surface area contributed by atoms with Gasteiger partial charge < -0.3 is 15.0 Å². The van der Waals surface area contributed by atoms with E-state index >= 15 is 0 Å². The van der Waals surface area contributed by atoms with Gasteiger partial charge in [0.05, 0.1) is 5.88 Å². The number of halogens is 1. The van der Waals surface area contributed by atoms with E-state index in [9.17, 15) is 9.59 Å². The minimum atomic E-state index is -0.424. The first-order chi connectivity index (χ1) is 9.02. The van der Waals surface area contributed by atoms with Crippen LogP contribution in [0.2, 0.25) is 0 Å². The number of carbonyl (C=O) groups excluding carboxylic acids is 2. The van der Waals surface area contributed by atoms with Crippen molar-refractivity contribution in [3.63, 3.8) is 0 Å². The number of likely N-dealkylation sites (tertiary alicyclic amines) is 1. The van der Waals surface area contributed by atoms with Gasteiger partial charge in [0, 0.05) is 25.6 Å². The first-order valence-electron chi connectivity index (χ1n) is 6.80. The largest absolute Gasteiger partial charge is 0.448 e. The predicted molar refractivity (Wildman–Crippen MR) is 74.3 cm³/mol. The summed E-state index contributed by atoms with van der Waals surface area (Å²) in [5.74, 6) is 0.891. The first kappa shape index (κ1) is 16.1. The molecule has 2 amide bonds. The van der Waals surface area contributed by atoms with Gasteiger partial charge >= 0.3 is 6.09 Å². The molecule has 110 valence electrons. The van der Waals surface area contributed by atoms with Gasteiger partial charge in [0.1, 0.15) is 6.61 Å². The molecule has 1 heterocycles. The quantitative estimate of drug-likeness (QED) is 0.788. The number of carbonyl (C=O) groups is 2. The van der Waals surface area contributed by atoms with Crippen LogP contribution in [0.5, 0.6) is 0 Å². The van der Waals surface area contributed by atoms with Crippen LogP contribution in [0.15, 0.2) is 0 Å². The maximum atomic E-state index is 11.9. The van der Waals surface area contributed by atoms with Crippen LogP contribution >= 0.6 is 11.6 Å². The summed E-state index contributed by atoms with van der Waals surface area (Å²) < 4.78 is 4.86. The lowest BCUT2D eigenvalue weighted by molar-refractivity contribution is -0.133. The average molecular weight is 291 g/mol. The van der Waals surface area contributed by atoms with Crippen molar-refractivity contribution >= 4 is 23.6 Å². The predicted octanol–water partition coefficient (Wildman–Crippen LogP) is 1.99. The Kier molecular flexibility index (Phi) is 6.99. The summed E-state index contributed by atoms with van der Waals surface area (Å²) in [4.78, 5) is 25.1. The number of hydrogen-bond donors (Lipinski definition) is 1. The molecule has 0 atom stereocenters. The first-order valence-corrected chi connectivity index (χ1v) is 7.33. The van der Waals surface area contributed by atoms with Gasteiger partial charge in [0.2, 0.25) is 5.91 Å². The van der Waals surface area contributed by atoms with Crippen molar-refractivity contribution in [3.8, 4) is 0 Å². The molecule has 6 heteroatoms. The third-order valence-electron chi connectivity index (χ3n) is 3.06. The average Bonchev–Trinajstić information content (AvgIpc) is 2.36. The Hall–Kier alpha value is -0.970. The third-order valence-corrected chi connectivity index (χ3v) is 3.22. The smallest absolute Gasteiger partial charge is 0.407 e. The van der Waals surface area contributed by atoms with Crippen LogP contribution < -0.4 is 5.32 Å². The van der Waals surface area contributed by atoms with E-state index < -0.39 is 6.09 Å². The van der Waals surface area contributed by atoms with Crippen molar-refractivity contribution in [1.82, 2.24) is 10.2 Å². The topological polar surface area (TPSA) is 58.6 Å². The standard InChI is InChI=1S/C13H23ClN2O3/c1-10(2)9-12(17)16-6-3-11(4-7-16)15-13(18)19-8-5-14/h10-11H,3-9H2,1-2H3,(H,15,18). The van der Waals surface area contributed by atoms with E-state index in [0.717, 1.165) is 12.8 Å². The number of hydrogen-bond acceptors (Lipinski definition) is 3. The van der Waals surface area contributed by atoms with Crippen LogP contribution in [-0.2, 0) is 9.53 Å². The molecule has 1 aliphatic heterocycles. The van der Waals surface area contributed by atoms with Gasteiger partial charge in [-0.3, -0.25) is 4.79 Å². The van der Waals surface area contributed by atoms with Crippen molar-refractivity contribution in [2.45, 2.75) is 39.2 Å². The van der Waals surface area contributed by atoms with E-state index in [-0.39, 0.29) is 18.6 Å². The fraction of sp³-hybridized carbons (Fsp3) is 0.846. The Morgan fingerprint density at radius 2 is 2.00 bits per heavy atom. The number of alkyl halides is 1. The molecule has 0 bridgehead atoms. The van der Waals surface area contributed by atoms with Crippen LogP contribution in [0.25, 0.3) is 0 Å². The molecule has 0 unspecified atom stereocenters. The number of piperidine rings is 1. The number of nitrogens with one attached hydrogen (secondary N) is 1. The normalized spacial score (nSPS) is 16.5. The molecule has 0 aromatic heterocycles. The Morgan fingerprint density at radius 3 is 2.53 bits per heavy atom. The van der Waals surface area contributed by atoms with Crippen molar-refractivity contribution in [1.29, 1.82) is 0 Å². The second-order valence-electron chi connectivity index (χ2n) is 5.22. The van der Waals surface area contributed by atoms with Crippen LogP contribution in [0.3, 0.4) is 0 Å². The van der Waals surface area contributed by atoms with E-state index in [1.54, 1.807) is 0 Å². The van der Waals surface area contributed by atoms with Gasteiger partial charge in [-0.1, -0.05) is 13.8 Å². The molecular formula is C13H23ClN2O3. The van der Waals surface area contributed by atoms with Crippen LogP contribution in [-0.4, -0.2) is 48.5 Å². The van der Waals surface area contributed by atoms with Crippen LogP contribution in [0.1, 0.15) is 33.1 Å². The van der Waals surface area contributed by atoms with Crippen molar-refractivity contribution in [2.75, 3.05) is 25.6 Å². The molecule has 1 N–H and O–H groups in total. The molecule has 0 radical (unpaired) electrons. The van der Waals surface area contributed by atoms with Crippen molar-refractivity contribution in [2.24, 2.45) is 5.92 Å². The van der Waals surface area contributed by atoms with E-state index in [1.165, 1.54) is 0 Å². The van der Waals surface area contributed by atoms with Gasteiger partial charge in [0.15, 0.2) is 0 Å². The summed E-state index contributed by atoms with van der Waals surface area (Å²) in [5, 5.41) is 2.80. The fourth-order valence-corrected chi connectivity index (χ4v) is 2.17. The van der Waals surface area contributed by atoms with E-state index in [2.05, 4.69) is 5.32 Å². The van der Waals surface area contributed by atoms with E-state index in [4.69, 9.17) is 16.3 Å². The van der Waals surface area contributed by atoms with Crippen molar-refractivity contribution < 1.29 is 14.3 Å². The molecule has 1 fully saturated rings. The molecule has 1 saturated heterocycles. The van der Waals surface area contributed by atoms with Crippen LogP contribution in [0.4, 0.5) is 4.79 Å². The monoisotopic (exact) mass is 290 g/mol. The zero-order chi connectivity index (χ0) is 14.3. The number of amides is 2. The van der Waals surface area contributed by atoms with Gasteiger partial charge in [0.25, 0.3) is 0 Å². The zero-order valence-corrected chi connectivity index (χ0v) is 12.4. The molecule has 5 nitrogen and oxygen atoms in total. The Bertz CT molecular complexity index is 302. The molecule has 0 aliphatic carbocycles. The van der Waals surface area contributed by atoms with Gasteiger partial charge in [-0.05, 0) is 18.8 Å². The highest BCUT2D eigenvalue weighted by atomic mass is 35.5. The number of rotatable bonds is 5. The summed E-state index contributed by atoms with van der Waals surface area (Å²) in [7, 11) is 0. The zero-order valence-electron chi connectivity index (χ0n) is 11.7. The van der Waals surface area contributed by atoms with E-state index in [0.29, 0.717) is 31.3 Å². The van der Waals surface area contributed by atoms with Gasteiger partial charge in [-0.25, -0.2) is 4.79 Å². The lowest BCUT2D eigenvalue weighted by atomic mass is 10.0. The van der Waals surface area contributed by atoms with Crippen molar-refractivity contribution in [3.05, 3.63) is 0 Å². The molecule has 0 aromatic carbocycles. The number of nitrogens with zero attached hydrogens (tertiary/aromatic N) is 1. The molecule has 19 heavy (non-hydrogen) atoms. The highest BCUT2D eigenvalue weighted by Crippen LogP contribution is 2.13. The molecule has 0 aromatic rings. The third kappa shape index (κ3) is 6.14. The lowest BCUT2D eigenvalue weighted by Crippen LogP contribution is -2.46. The minimum Gasteiger partial charge on any atom is -0.448 e. The molecule has 1 aliphatic rings. The minimum absolute atomic E-state index is 0.0888. The number of alkyl carbamates (subject to hydrolysis) is 1. The SMILES string of the molecule is CC(C)CC(=O)N1CCC(NC(=O)OCCCl)CC1. The molecule has 0 spiro atoms. The second-order valence-corrected chi connectivity index (χ2v) is 5.60. The number of ether oxygens (including phenoxy) is 1. The maximum absolute atomic E-state index is 11.9. The molecule has 1 rings (SSSR count). The summed E-state index contributed by atoms with van der Waals surface area (Å²) >= 11 is 5.43. The van der Waals surface area contributed by atoms with E-state index in [1.807, 2.05) is 18.7 Å². The summed E-state index contributed by atoms with van der Waals surface area (Å²) in [6.45, 7) is 5.70. The highest BCUT2D eigenvalue weighted by Gasteiger charge is 2.24. The van der Waals surface area contributed by atoms with Gasteiger partial charge in [-0.15, -0.1) is 11.6 Å². The summed E-state index contributed by atoms with van der Waals surface area (Å²) in [6, 6.07) is 0.0888. The maximum Gasteiger partial charge on any atom is 0.407 e. The summed E-state index contributed by atoms with van der Waals surface area (Å²) in [6.07, 6.45) is 1.72. The Morgan fingerprint density at radius 1 is 1.37 bits per heavy atom. The Labute approximate surface area is 119 Å². The fourth-order valence-electron chi connectivity index (χ4n) is 2.09. The molecular weight excluding hydrogens is 268 g/mol. The Balaban J connectivity index is 2.25. The highest BCUT2D eigenvalue weighted by molar-refractivity contribution is 6.18. The lowest BCUT2D eigenvalue weighted by Gasteiger charge is -2.32. The summed E-state index contributed by atoms with van der Waals surface area (Å²) in [5.41, 5.74) is 0. The molecule has 0 saturated carbocycles. The van der Waals surface area contributed by atoms with Crippen LogP contribution in [0, 0.1) is 5.92 Å². The second kappa shape index (κ2) is 8.25. The van der Waals surface area contributed by atoms with Gasteiger partial charge in [-0.2, -0.15) is 0 Å².